The van der Waals surface area contributed by atoms with Crippen LogP contribution in [0.25, 0.3) is 0 Å². The van der Waals surface area contributed by atoms with E-state index in [4.69, 9.17) is 5.26 Å². The second kappa shape index (κ2) is 6.18. The van der Waals surface area contributed by atoms with Crippen molar-refractivity contribution < 1.29 is 9.69 Å². The summed E-state index contributed by atoms with van der Waals surface area (Å²) < 4.78 is 0. The molecule has 0 bridgehead atoms. The fourth-order valence-corrected chi connectivity index (χ4v) is 3.36. The van der Waals surface area contributed by atoms with E-state index in [0.29, 0.717) is 16.5 Å². The Morgan fingerprint density at radius 1 is 1.68 bits per heavy atom. The molecule has 5 heteroatoms. The van der Waals surface area contributed by atoms with Gasteiger partial charge in [0, 0.05) is 5.92 Å². The Morgan fingerprint density at radius 2 is 2.47 bits per heavy atom. The highest BCUT2D eigenvalue weighted by molar-refractivity contribution is 7.14. The fraction of sp³-hybridized carbons (Fsp3) is 0.571. The van der Waals surface area contributed by atoms with Gasteiger partial charge in [0.1, 0.15) is 11.1 Å². The van der Waals surface area contributed by atoms with Crippen molar-refractivity contribution >= 4 is 22.2 Å². The minimum Gasteiger partial charge on any atom is -0.325 e. The first kappa shape index (κ1) is 14.0. The van der Waals surface area contributed by atoms with Crippen LogP contribution in [-0.4, -0.2) is 25.0 Å². The number of amides is 1. The van der Waals surface area contributed by atoms with Crippen molar-refractivity contribution in [2.45, 2.75) is 32.7 Å². The van der Waals surface area contributed by atoms with Gasteiger partial charge in [0.2, 0.25) is 0 Å². The third kappa shape index (κ3) is 3.34. The van der Waals surface area contributed by atoms with Gasteiger partial charge in [0.05, 0.1) is 18.7 Å². The third-order valence-corrected chi connectivity index (χ3v) is 4.66. The van der Waals surface area contributed by atoms with Crippen molar-refractivity contribution in [2.24, 2.45) is 5.92 Å². The van der Waals surface area contributed by atoms with E-state index in [1.165, 1.54) is 29.1 Å². The molecular formula is C14H20N3OS+. The number of carbonyl (C=O) groups excluding carboxylic acids is 1. The van der Waals surface area contributed by atoms with E-state index in [1.54, 1.807) is 6.07 Å². The molecule has 19 heavy (non-hydrogen) atoms. The largest absolute Gasteiger partial charge is 0.325 e. The van der Waals surface area contributed by atoms with Crippen molar-refractivity contribution in [1.82, 2.24) is 0 Å². The number of hydrogen-bond donors (Lipinski definition) is 2. The quantitative estimate of drug-likeness (QED) is 0.874. The number of anilines is 1. The number of nitrogens with one attached hydrogen (secondary N) is 2. The Morgan fingerprint density at radius 3 is 3.16 bits per heavy atom. The van der Waals surface area contributed by atoms with E-state index in [9.17, 15) is 4.79 Å². The summed E-state index contributed by atoms with van der Waals surface area (Å²) in [5.41, 5.74) is 0.549. The summed E-state index contributed by atoms with van der Waals surface area (Å²) >= 11 is 1.40. The molecule has 4 nitrogen and oxygen atoms in total. The normalized spacial score (nSPS) is 24.5. The van der Waals surface area contributed by atoms with Gasteiger partial charge in [-0.1, -0.05) is 6.92 Å². The van der Waals surface area contributed by atoms with Crippen LogP contribution in [-0.2, 0) is 4.79 Å². The van der Waals surface area contributed by atoms with Crippen LogP contribution in [0.2, 0.25) is 0 Å². The first-order valence-corrected chi connectivity index (χ1v) is 7.62. The topological polar surface area (TPSA) is 57.3 Å². The van der Waals surface area contributed by atoms with Gasteiger partial charge in [-0.05, 0) is 31.2 Å². The van der Waals surface area contributed by atoms with Crippen LogP contribution in [0.4, 0.5) is 5.00 Å². The second-order valence-electron chi connectivity index (χ2n) is 5.35. The number of nitriles is 1. The molecule has 0 spiro atoms. The molecule has 2 rings (SSSR count). The summed E-state index contributed by atoms with van der Waals surface area (Å²) in [6.45, 7) is 6.35. The summed E-state index contributed by atoms with van der Waals surface area (Å²) in [6, 6.07) is 3.77. The lowest BCUT2D eigenvalue weighted by molar-refractivity contribution is -0.922. The Kier molecular flexibility index (Phi) is 4.56. The molecule has 1 amide bonds. The molecule has 0 saturated carbocycles. The number of hydrogen-bond acceptors (Lipinski definition) is 3. The molecule has 0 radical (unpaired) electrons. The summed E-state index contributed by atoms with van der Waals surface area (Å²) in [6.07, 6.45) is 2.46. The van der Waals surface area contributed by atoms with Gasteiger partial charge in [-0.15, -0.1) is 11.3 Å². The number of quaternary nitrogens is 1. The first-order valence-electron chi connectivity index (χ1n) is 6.75. The zero-order valence-corrected chi connectivity index (χ0v) is 12.2. The van der Waals surface area contributed by atoms with Crippen molar-refractivity contribution in [2.75, 3.05) is 18.4 Å². The molecule has 0 aliphatic carbocycles. The first-order chi connectivity index (χ1) is 9.11. The lowest BCUT2D eigenvalue weighted by Crippen LogP contribution is -3.17. The Balaban J connectivity index is 1.98. The molecule has 0 aromatic carbocycles. The lowest BCUT2D eigenvalue weighted by atomic mass is 9.99. The lowest BCUT2D eigenvalue weighted by Gasteiger charge is -2.31. The van der Waals surface area contributed by atoms with Crippen LogP contribution in [0.15, 0.2) is 11.4 Å². The van der Waals surface area contributed by atoms with Gasteiger partial charge < -0.3 is 10.2 Å². The van der Waals surface area contributed by atoms with Crippen molar-refractivity contribution in [3.05, 3.63) is 17.0 Å². The molecule has 102 valence electrons. The molecule has 2 heterocycles. The smallest absolute Gasteiger partial charge is 0.283 e. The average molecular weight is 278 g/mol. The van der Waals surface area contributed by atoms with E-state index in [2.05, 4.69) is 18.3 Å². The Bertz CT molecular complexity index is 491. The number of nitrogens with zero attached hydrogens (tertiary/aromatic N) is 1. The molecular weight excluding hydrogens is 258 g/mol. The number of rotatable bonds is 3. The molecule has 3 atom stereocenters. The molecule has 2 N–H and O–H groups in total. The Labute approximate surface area is 118 Å². The van der Waals surface area contributed by atoms with Gasteiger partial charge in [-0.3, -0.25) is 4.79 Å². The van der Waals surface area contributed by atoms with Gasteiger partial charge in [-0.2, -0.15) is 5.26 Å². The van der Waals surface area contributed by atoms with E-state index in [-0.39, 0.29) is 11.9 Å². The summed E-state index contributed by atoms with van der Waals surface area (Å²) in [5, 5.41) is 14.3. The van der Waals surface area contributed by atoms with Gasteiger partial charge in [0.25, 0.3) is 5.91 Å². The molecule has 1 unspecified atom stereocenters. The minimum atomic E-state index is -0.0589. The zero-order chi connectivity index (χ0) is 13.8. The summed E-state index contributed by atoms with van der Waals surface area (Å²) in [4.78, 5) is 13.6. The SMILES string of the molecule is C[C@@H]1CCC[NH+]([C@@H](C)C(=O)Nc2sccc2C#N)C1. The maximum Gasteiger partial charge on any atom is 0.283 e. The van der Waals surface area contributed by atoms with Gasteiger partial charge in [-0.25, -0.2) is 0 Å². The van der Waals surface area contributed by atoms with Gasteiger partial charge >= 0.3 is 0 Å². The van der Waals surface area contributed by atoms with Crippen molar-refractivity contribution in [3.63, 3.8) is 0 Å². The molecule has 1 saturated heterocycles. The predicted molar refractivity (Wildman–Crippen MR) is 76.2 cm³/mol. The molecule has 1 aromatic heterocycles. The maximum absolute atomic E-state index is 12.2. The van der Waals surface area contributed by atoms with Crippen LogP contribution < -0.4 is 10.2 Å². The monoisotopic (exact) mass is 278 g/mol. The van der Waals surface area contributed by atoms with Crippen molar-refractivity contribution in [1.29, 1.82) is 5.26 Å². The minimum absolute atomic E-state index is 0.0167. The zero-order valence-electron chi connectivity index (χ0n) is 11.4. The number of carbonyl (C=O) groups is 1. The average Bonchev–Trinajstić information content (AvgIpc) is 2.85. The Hall–Kier alpha value is -1.38. The highest BCUT2D eigenvalue weighted by Gasteiger charge is 2.29. The van der Waals surface area contributed by atoms with Crippen LogP contribution in [0.1, 0.15) is 32.3 Å². The van der Waals surface area contributed by atoms with Gasteiger partial charge in [0.15, 0.2) is 6.04 Å². The summed E-state index contributed by atoms with van der Waals surface area (Å²) in [7, 11) is 0. The molecule has 1 aromatic rings. The van der Waals surface area contributed by atoms with Crippen LogP contribution >= 0.6 is 11.3 Å². The van der Waals surface area contributed by atoms with Crippen molar-refractivity contribution in [3.8, 4) is 6.07 Å². The van der Waals surface area contributed by atoms with E-state index >= 15 is 0 Å². The van der Waals surface area contributed by atoms with Crippen LogP contribution in [0.3, 0.4) is 0 Å². The number of piperidine rings is 1. The molecule has 1 aliphatic heterocycles. The second-order valence-corrected chi connectivity index (χ2v) is 6.26. The number of likely N-dealkylation sites (tertiary alicyclic amines) is 1. The van der Waals surface area contributed by atoms with Crippen LogP contribution in [0, 0.1) is 17.2 Å². The molecule has 1 fully saturated rings. The predicted octanol–water partition coefficient (Wildman–Crippen LogP) is 1.26. The number of thiophene rings is 1. The highest BCUT2D eigenvalue weighted by atomic mass is 32.1. The fourth-order valence-electron chi connectivity index (χ4n) is 2.62. The van der Waals surface area contributed by atoms with Crippen LogP contribution in [0.5, 0.6) is 0 Å². The molecule has 1 aliphatic rings. The van der Waals surface area contributed by atoms with E-state index in [1.807, 2.05) is 12.3 Å². The third-order valence-electron chi connectivity index (χ3n) is 3.83. The standard InChI is InChI=1S/C14H19N3OS/c1-10-4-3-6-17(9-10)11(2)13(18)16-14-12(8-15)5-7-19-14/h5,7,10-11H,3-4,6,9H2,1-2H3,(H,16,18)/p+1/t10-,11+/m1/s1. The van der Waals surface area contributed by atoms with E-state index in [0.717, 1.165) is 13.1 Å². The highest BCUT2D eigenvalue weighted by Crippen LogP contribution is 2.22. The summed E-state index contributed by atoms with van der Waals surface area (Å²) in [5.74, 6) is 0.707. The van der Waals surface area contributed by atoms with E-state index < -0.39 is 0 Å². The maximum atomic E-state index is 12.2.